The van der Waals surface area contributed by atoms with E-state index < -0.39 is 28.5 Å². The molecule has 0 bridgehead atoms. The lowest BCUT2D eigenvalue weighted by Crippen LogP contribution is -2.53. The minimum Gasteiger partial charge on any atom is -0.354 e. The lowest BCUT2D eigenvalue weighted by Gasteiger charge is -2.34. The van der Waals surface area contributed by atoms with Crippen LogP contribution in [0.25, 0.3) is 0 Å². The van der Waals surface area contributed by atoms with Crippen LogP contribution in [-0.4, -0.2) is 50.5 Å². The molecule has 0 unspecified atom stereocenters. The van der Waals surface area contributed by atoms with Crippen LogP contribution in [0.1, 0.15) is 42.0 Å². The van der Waals surface area contributed by atoms with E-state index >= 15 is 0 Å². The molecule has 0 aliphatic carbocycles. The fourth-order valence-electron chi connectivity index (χ4n) is 4.57. The van der Waals surface area contributed by atoms with Crippen LogP contribution < -0.4 is 9.62 Å². The van der Waals surface area contributed by atoms with Crippen LogP contribution >= 0.6 is 23.2 Å². The van der Waals surface area contributed by atoms with Crippen LogP contribution in [0.4, 0.5) is 5.69 Å². The number of nitrogens with zero attached hydrogens (tertiary/aromatic N) is 2. The second-order valence-corrected chi connectivity index (χ2v) is 12.9. The van der Waals surface area contributed by atoms with E-state index in [0.717, 1.165) is 40.1 Å². The summed E-state index contributed by atoms with van der Waals surface area (Å²) in [7, 11) is -3.84. The van der Waals surface area contributed by atoms with Crippen molar-refractivity contribution in [2.45, 2.75) is 52.6 Å². The highest BCUT2D eigenvalue weighted by atomic mass is 35.5. The molecular formula is C31H37Cl2N3O4S. The van der Waals surface area contributed by atoms with E-state index in [-0.39, 0.29) is 18.9 Å². The second-order valence-electron chi connectivity index (χ2n) is 10.2. The summed E-state index contributed by atoms with van der Waals surface area (Å²) in [5.41, 5.74) is 3.62. The summed E-state index contributed by atoms with van der Waals surface area (Å²) >= 11 is 12.4. The van der Waals surface area contributed by atoms with E-state index in [1.807, 2.05) is 50.2 Å². The Morgan fingerprint density at radius 1 is 0.927 bits per heavy atom. The lowest BCUT2D eigenvalue weighted by atomic mass is 10.0. The van der Waals surface area contributed by atoms with Crippen LogP contribution in [0, 0.1) is 13.8 Å². The Bertz CT molecular complexity index is 1470. The zero-order valence-corrected chi connectivity index (χ0v) is 26.2. The maximum atomic E-state index is 14.2. The number of amides is 2. The van der Waals surface area contributed by atoms with Gasteiger partial charge in [0.25, 0.3) is 0 Å². The molecule has 3 aromatic rings. The molecule has 0 aliphatic heterocycles. The van der Waals surface area contributed by atoms with Gasteiger partial charge in [-0.2, -0.15) is 0 Å². The number of benzene rings is 3. The summed E-state index contributed by atoms with van der Waals surface area (Å²) in [6.45, 7) is 5.76. The van der Waals surface area contributed by atoms with Gasteiger partial charge in [-0.1, -0.05) is 90.6 Å². The number of hydrogen-bond donors (Lipinski definition) is 1. The fourth-order valence-corrected chi connectivity index (χ4v) is 5.80. The van der Waals surface area contributed by atoms with Crippen LogP contribution in [0.5, 0.6) is 0 Å². The molecule has 0 saturated heterocycles. The molecule has 10 heteroatoms. The standard InChI is InChI=1S/C31H37Cl2N3O4S/c1-5-6-16-34-31(38)29(19-24-10-8-7-9-11-24)35(20-25-13-14-26(32)27(33)18-25)30(37)21-36(41(4,39)40)28-15-12-22(2)17-23(28)3/h7-15,17-18,29H,5-6,16,19-21H2,1-4H3,(H,34,38)/t29-/m1/s1. The Hall–Kier alpha value is -3.07. The molecular weight excluding hydrogens is 581 g/mol. The van der Waals surface area contributed by atoms with Gasteiger partial charge in [-0.3, -0.25) is 13.9 Å². The van der Waals surface area contributed by atoms with Crippen LogP contribution in [-0.2, 0) is 32.6 Å². The Kier molecular flexibility index (Phi) is 11.6. The van der Waals surface area contributed by atoms with E-state index in [2.05, 4.69) is 5.32 Å². The summed E-state index contributed by atoms with van der Waals surface area (Å²) in [4.78, 5) is 29.2. The van der Waals surface area contributed by atoms with Crippen LogP contribution in [0.15, 0.2) is 66.7 Å². The predicted octanol–water partition coefficient (Wildman–Crippen LogP) is 5.93. The number of carbonyl (C=O) groups is 2. The van der Waals surface area contributed by atoms with E-state index in [1.165, 1.54) is 4.90 Å². The smallest absolute Gasteiger partial charge is 0.244 e. The van der Waals surface area contributed by atoms with Crippen LogP contribution in [0.3, 0.4) is 0 Å². The first-order valence-corrected chi connectivity index (χ1v) is 16.1. The van der Waals surface area contributed by atoms with Gasteiger partial charge in [0, 0.05) is 19.5 Å². The summed E-state index contributed by atoms with van der Waals surface area (Å²) in [6.07, 6.45) is 3.00. The van der Waals surface area contributed by atoms with Crippen molar-refractivity contribution in [2.24, 2.45) is 0 Å². The monoisotopic (exact) mass is 617 g/mol. The van der Waals surface area contributed by atoms with Gasteiger partial charge in [0.15, 0.2) is 0 Å². The van der Waals surface area contributed by atoms with Crippen LogP contribution in [0.2, 0.25) is 10.0 Å². The Morgan fingerprint density at radius 2 is 1.63 bits per heavy atom. The minimum absolute atomic E-state index is 0.0267. The molecule has 2 amide bonds. The first-order valence-electron chi connectivity index (χ1n) is 13.5. The first-order chi connectivity index (χ1) is 19.4. The zero-order chi connectivity index (χ0) is 30.2. The number of rotatable bonds is 13. The topological polar surface area (TPSA) is 86.8 Å². The number of sulfonamides is 1. The normalized spacial score (nSPS) is 12.0. The predicted molar refractivity (Wildman–Crippen MR) is 167 cm³/mol. The molecule has 0 spiro atoms. The van der Waals surface area contributed by atoms with Crippen molar-refractivity contribution < 1.29 is 18.0 Å². The maximum absolute atomic E-state index is 14.2. The highest BCUT2D eigenvalue weighted by molar-refractivity contribution is 7.92. The van der Waals surface area contributed by atoms with Gasteiger partial charge in [0.05, 0.1) is 22.0 Å². The third kappa shape index (κ3) is 9.21. The summed E-state index contributed by atoms with van der Waals surface area (Å²) in [6, 6.07) is 18.9. The van der Waals surface area contributed by atoms with Crippen molar-refractivity contribution in [3.05, 3.63) is 99.0 Å². The molecule has 1 N–H and O–H groups in total. The van der Waals surface area contributed by atoms with Crippen molar-refractivity contribution in [1.82, 2.24) is 10.2 Å². The zero-order valence-electron chi connectivity index (χ0n) is 23.9. The largest absolute Gasteiger partial charge is 0.354 e. The molecule has 7 nitrogen and oxygen atoms in total. The Labute approximate surface area is 253 Å². The van der Waals surface area contributed by atoms with Crippen molar-refractivity contribution >= 4 is 50.7 Å². The number of unbranched alkanes of at least 4 members (excludes halogenated alkanes) is 1. The van der Waals surface area contributed by atoms with Crippen molar-refractivity contribution in [3.63, 3.8) is 0 Å². The van der Waals surface area contributed by atoms with Gasteiger partial charge in [0.2, 0.25) is 21.8 Å². The summed E-state index contributed by atoms with van der Waals surface area (Å²) < 4.78 is 27.1. The Morgan fingerprint density at radius 3 is 2.24 bits per heavy atom. The molecule has 3 aromatic carbocycles. The number of carbonyl (C=O) groups excluding carboxylic acids is 2. The van der Waals surface area contributed by atoms with E-state index in [0.29, 0.717) is 27.8 Å². The van der Waals surface area contributed by atoms with Gasteiger partial charge in [-0.25, -0.2) is 8.42 Å². The highest BCUT2D eigenvalue weighted by Gasteiger charge is 2.33. The average molecular weight is 619 g/mol. The molecule has 1 atom stereocenters. The quantitative estimate of drug-likeness (QED) is 0.241. The van der Waals surface area contributed by atoms with E-state index in [1.54, 1.807) is 37.3 Å². The number of nitrogens with one attached hydrogen (secondary N) is 1. The van der Waals surface area contributed by atoms with E-state index in [9.17, 15) is 18.0 Å². The third-order valence-corrected chi connectivity index (χ3v) is 8.60. The second kappa shape index (κ2) is 14.7. The molecule has 3 rings (SSSR count). The molecule has 0 aromatic heterocycles. The van der Waals surface area contributed by atoms with Gasteiger partial charge >= 0.3 is 0 Å². The molecule has 0 aliphatic rings. The number of halogens is 2. The van der Waals surface area contributed by atoms with Gasteiger partial charge in [-0.05, 0) is 55.2 Å². The SMILES string of the molecule is CCCCNC(=O)[C@@H](Cc1ccccc1)N(Cc1ccc(Cl)c(Cl)c1)C(=O)CN(c1ccc(C)cc1C)S(C)(=O)=O. The van der Waals surface area contributed by atoms with Gasteiger partial charge in [0.1, 0.15) is 12.6 Å². The number of hydrogen-bond acceptors (Lipinski definition) is 4. The lowest BCUT2D eigenvalue weighted by molar-refractivity contribution is -0.140. The van der Waals surface area contributed by atoms with Crippen molar-refractivity contribution in [1.29, 1.82) is 0 Å². The van der Waals surface area contributed by atoms with Crippen molar-refractivity contribution in [3.8, 4) is 0 Å². The number of anilines is 1. The molecule has 0 heterocycles. The fraction of sp³-hybridized carbons (Fsp3) is 0.355. The van der Waals surface area contributed by atoms with E-state index in [4.69, 9.17) is 23.2 Å². The average Bonchev–Trinajstić information content (AvgIpc) is 2.91. The molecule has 0 saturated carbocycles. The Balaban J connectivity index is 2.07. The van der Waals surface area contributed by atoms with Gasteiger partial charge < -0.3 is 10.2 Å². The molecule has 0 fully saturated rings. The third-order valence-electron chi connectivity index (χ3n) is 6.74. The molecule has 41 heavy (non-hydrogen) atoms. The summed E-state index contributed by atoms with van der Waals surface area (Å²) in [5.74, 6) is -0.832. The van der Waals surface area contributed by atoms with Gasteiger partial charge in [-0.15, -0.1) is 0 Å². The maximum Gasteiger partial charge on any atom is 0.244 e. The first kappa shape index (κ1) is 32.4. The number of aryl methyl sites for hydroxylation is 2. The molecule has 220 valence electrons. The highest BCUT2D eigenvalue weighted by Crippen LogP contribution is 2.26. The van der Waals surface area contributed by atoms with Crippen molar-refractivity contribution in [2.75, 3.05) is 23.7 Å². The summed E-state index contributed by atoms with van der Waals surface area (Å²) in [5, 5.41) is 3.65. The molecule has 0 radical (unpaired) electrons. The minimum atomic E-state index is -3.84.